The molecular formula is C23H23N3O3. The quantitative estimate of drug-likeness (QED) is 0.482. The Labute approximate surface area is 170 Å². The van der Waals surface area contributed by atoms with E-state index in [4.69, 9.17) is 9.15 Å². The molecule has 6 heteroatoms. The lowest BCUT2D eigenvalue weighted by Crippen LogP contribution is -2.23. The number of carbonyl (C=O) groups is 1. The van der Waals surface area contributed by atoms with Crippen LogP contribution in [0.3, 0.4) is 0 Å². The molecule has 0 fully saturated rings. The van der Waals surface area contributed by atoms with Crippen molar-refractivity contribution in [1.82, 2.24) is 9.88 Å². The number of nitrogens with zero attached hydrogens (tertiary/aromatic N) is 2. The number of ether oxygens (including phenoxy) is 1. The van der Waals surface area contributed by atoms with Crippen LogP contribution in [0.25, 0.3) is 11.8 Å². The third-order valence-electron chi connectivity index (χ3n) is 4.54. The number of nitriles is 1. The fourth-order valence-electron chi connectivity index (χ4n) is 3.17. The van der Waals surface area contributed by atoms with Crippen LogP contribution in [0, 0.1) is 25.2 Å². The minimum atomic E-state index is -0.435. The lowest BCUT2D eigenvalue weighted by Gasteiger charge is -2.11. The molecule has 0 saturated heterocycles. The summed E-state index contributed by atoms with van der Waals surface area (Å²) in [6, 6.07) is 15.3. The SMILES string of the molecule is CCOc1ccc(-n2c(C)cc(/C=C(/C#N)C(=O)NCc3ccco3)c2C)cc1. The summed E-state index contributed by atoms with van der Waals surface area (Å²) in [6.45, 7) is 6.75. The first-order valence-corrected chi connectivity index (χ1v) is 9.38. The molecule has 3 rings (SSSR count). The van der Waals surface area contributed by atoms with Gasteiger partial charge in [-0.15, -0.1) is 0 Å². The molecule has 29 heavy (non-hydrogen) atoms. The fourth-order valence-corrected chi connectivity index (χ4v) is 3.17. The van der Waals surface area contributed by atoms with Crippen molar-refractivity contribution in [3.05, 3.63) is 77.0 Å². The smallest absolute Gasteiger partial charge is 0.262 e. The number of hydrogen-bond acceptors (Lipinski definition) is 4. The average Bonchev–Trinajstić information content (AvgIpc) is 3.33. The minimum Gasteiger partial charge on any atom is -0.494 e. The number of benzene rings is 1. The van der Waals surface area contributed by atoms with Gasteiger partial charge in [-0.25, -0.2) is 0 Å². The Hall–Kier alpha value is -3.72. The first-order valence-electron chi connectivity index (χ1n) is 9.38. The van der Waals surface area contributed by atoms with Gasteiger partial charge < -0.3 is 19.0 Å². The number of furan rings is 1. The molecule has 1 N–H and O–H groups in total. The Morgan fingerprint density at radius 2 is 2.03 bits per heavy atom. The number of aryl methyl sites for hydroxylation is 1. The average molecular weight is 389 g/mol. The van der Waals surface area contributed by atoms with E-state index in [1.165, 1.54) is 6.26 Å². The Kier molecular flexibility index (Phi) is 6.20. The Balaban J connectivity index is 1.83. The lowest BCUT2D eigenvalue weighted by atomic mass is 10.1. The molecule has 0 aliphatic carbocycles. The normalized spacial score (nSPS) is 11.2. The van der Waals surface area contributed by atoms with Crippen molar-refractivity contribution < 1.29 is 13.9 Å². The summed E-state index contributed by atoms with van der Waals surface area (Å²) >= 11 is 0. The predicted molar refractivity (Wildman–Crippen MR) is 111 cm³/mol. The van der Waals surface area contributed by atoms with Crippen LogP contribution in [0.5, 0.6) is 5.75 Å². The van der Waals surface area contributed by atoms with Crippen molar-refractivity contribution in [1.29, 1.82) is 5.26 Å². The van der Waals surface area contributed by atoms with Crippen LogP contribution in [0.1, 0.15) is 29.6 Å². The van der Waals surface area contributed by atoms with Gasteiger partial charge in [-0.2, -0.15) is 5.26 Å². The second kappa shape index (κ2) is 8.98. The highest BCUT2D eigenvalue weighted by Crippen LogP contribution is 2.24. The van der Waals surface area contributed by atoms with Gasteiger partial charge in [0.15, 0.2) is 0 Å². The van der Waals surface area contributed by atoms with Gasteiger partial charge >= 0.3 is 0 Å². The highest BCUT2D eigenvalue weighted by Gasteiger charge is 2.14. The second-order valence-corrected chi connectivity index (χ2v) is 6.52. The molecular weight excluding hydrogens is 366 g/mol. The van der Waals surface area contributed by atoms with Gasteiger partial charge in [0.05, 0.1) is 19.4 Å². The number of hydrogen-bond donors (Lipinski definition) is 1. The van der Waals surface area contributed by atoms with Gasteiger partial charge in [-0.1, -0.05) is 0 Å². The highest BCUT2D eigenvalue weighted by molar-refractivity contribution is 6.01. The van der Waals surface area contributed by atoms with Crippen molar-refractivity contribution in [2.75, 3.05) is 6.61 Å². The van der Waals surface area contributed by atoms with E-state index in [1.807, 2.05) is 57.2 Å². The molecule has 1 amide bonds. The van der Waals surface area contributed by atoms with Crippen molar-refractivity contribution in [2.45, 2.75) is 27.3 Å². The molecule has 0 radical (unpaired) electrons. The van der Waals surface area contributed by atoms with Gasteiger partial charge in [0, 0.05) is 17.1 Å². The van der Waals surface area contributed by atoms with Crippen molar-refractivity contribution in [3.63, 3.8) is 0 Å². The zero-order valence-corrected chi connectivity index (χ0v) is 16.7. The number of aromatic nitrogens is 1. The standard InChI is InChI=1S/C23H23N3O3/c1-4-28-21-9-7-20(8-10-21)26-16(2)12-18(17(26)3)13-19(14-24)23(27)25-15-22-6-5-11-29-22/h5-13H,4,15H2,1-3H3,(H,25,27)/b19-13-. The minimum absolute atomic E-state index is 0.0449. The summed E-state index contributed by atoms with van der Waals surface area (Å²) in [4.78, 5) is 12.4. The molecule has 1 aromatic carbocycles. The molecule has 0 atom stereocenters. The van der Waals surface area contributed by atoms with Gasteiger partial charge in [-0.3, -0.25) is 4.79 Å². The van der Waals surface area contributed by atoms with Crippen LogP contribution in [0.15, 0.2) is 58.7 Å². The van der Waals surface area contributed by atoms with Crippen molar-refractivity contribution in [3.8, 4) is 17.5 Å². The zero-order chi connectivity index (χ0) is 20.8. The second-order valence-electron chi connectivity index (χ2n) is 6.52. The van der Waals surface area contributed by atoms with Crippen LogP contribution < -0.4 is 10.1 Å². The van der Waals surface area contributed by atoms with Crippen molar-refractivity contribution >= 4 is 12.0 Å². The molecule has 2 heterocycles. The molecule has 0 aliphatic rings. The van der Waals surface area contributed by atoms with Gasteiger partial charge in [0.2, 0.25) is 0 Å². The van der Waals surface area contributed by atoms with Gasteiger partial charge in [0.25, 0.3) is 5.91 Å². The van der Waals surface area contributed by atoms with E-state index < -0.39 is 5.91 Å². The molecule has 0 spiro atoms. The molecule has 3 aromatic rings. The predicted octanol–water partition coefficient (Wildman–Crippen LogP) is 4.31. The number of rotatable bonds is 7. The van der Waals surface area contributed by atoms with Gasteiger partial charge in [-0.05, 0) is 74.9 Å². The topological polar surface area (TPSA) is 80.2 Å². The molecule has 0 unspecified atom stereocenters. The van der Waals surface area contributed by atoms with E-state index >= 15 is 0 Å². The summed E-state index contributed by atoms with van der Waals surface area (Å²) < 4.78 is 12.8. The fraction of sp³-hybridized carbons (Fsp3) is 0.217. The zero-order valence-electron chi connectivity index (χ0n) is 16.7. The molecule has 0 bridgehead atoms. The first-order chi connectivity index (χ1) is 14.0. The molecule has 6 nitrogen and oxygen atoms in total. The third kappa shape index (κ3) is 4.58. The van der Waals surface area contributed by atoms with Crippen LogP contribution in [0.4, 0.5) is 0 Å². The van der Waals surface area contributed by atoms with Crippen LogP contribution in [-0.4, -0.2) is 17.1 Å². The summed E-state index contributed by atoms with van der Waals surface area (Å²) in [6.07, 6.45) is 3.16. The van der Waals surface area contributed by atoms with Gasteiger partial charge in [0.1, 0.15) is 23.2 Å². The van der Waals surface area contributed by atoms with Crippen LogP contribution >= 0.6 is 0 Å². The summed E-state index contributed by atoms with van der Waals surface area (Å²) in [5, 5.41) is 12.2. The number of amides is 1. The van der Waals surface area contributed by atoms with Crippen LogP contribution in [0.2, 0.25) is 0 Å². The summed E-state index contributed by atoms with van der Waals surface area (Å²) in [5.41, 5.74) is 3.80. The molecule has 0 saturated carbocycles. The monoisotopic (exact) mass is 389 g/mol. The highest BCUT2D eigenvalue weighted by atomic mass is 16.5. The summed E-state index contributed by atoms with van der Waals surface area (Å²) in [5.74, 6) is 1.01. The third-order valence-corrected chi connectivity index (χ3v) is 4.54. The van der Waals surface area contributed by atoms with E-state index in [9.17, 15) is 10.1 Å². The Bertz CT molecular complexity index is 1050. The molecule has 0 aliphatic heterocycles. The maximum absolute atomic E-state index is 12.4. The van der Waals surface area contributed by atoms with E-state index in [-0.39, 0.29) is 12.1 Å². The Morgan fingerprint density at radius 3 is 2.66 bits per heavy atom. The largest absolute Gasteiger partial charge is 0.494 e. The number of nitrogens with one attached hydrogen (secondary N) is 1. The first kappa shape index (κ1) is 20.0. The molecule has 2 aromatic heterocycles. The number of carbonyl (C=O) groups excluding carboxylic acids is 1. The maximum Gasteiger partial charge on any atom is 0.262 e. The Morgan fingerprint density at radius 1 is 1.28 bits per heavy atom. The van der Waals surface area contributed by atoms with E-state index in [0.29, 0.717) is 12.4 Å². The van der Waals surface area contributed by atoms with Crippen molar-refractivity contribution in [2.24, 2.45) is 0 Å². The molecule has 148 valence electrons. The van der Waals surface area contributed by atoms with E-state index in [0.717, 1.165) is 28.4 Å². The lowest BCUT2D eigenvalue weighted by molar-refractivity contribution is -0.117. The van der Waals surface area contributed by atoms with E-state index in [2.05, 4.69) is 9.88 Å². The van der Waals surface area contributed by atoms with Crippen LogP contribution in [-0.2, 0) is 11.3 Å². The maximum atomic E-state index is 12.4. The van der Waals surface area contributed by atoms with E-state index in [1.54, 1.807) is 18.2 Å². The summed E-state index contributed by atoms with van der Waals surface area (Å²) in [7, 11) is 0.